The van der Waals surface area contributed by atoms with Gasteiger partial charge in [-0.2, -0.15) is 0 Å². The van der Waals surface area contributed by atoms with Gasteiger partial charge in [-0.25, -0.2) is 22.5 Å². The highest BCUT2D eigenvalue weighted by atomic mass is 19.3. The van der Waals surface area contributed by atoms with Crippen LogP contribution in [0.1, 0.15) is 0 Å². The summed E-state index contributed by atoms with van der Waals surface area (Å²) in [7, 11) is 1.22. The first-order valence-electron chi connectivity index (χ1n) is 4.02. The molecule has 2 N–H and O–H groups in total. The predicted molar refractivity (Wildman–Crippen MR) is 47.8 cm³/mol. The molecule has 0 aliphatic heterocycles. The van der Waals surface area contributed by atoms with Crippen LogP contribution in [0.4, 0.5) is 29.2 Å². The van der Waals surface area contributed by atoms with Crippen LogP contribution in [0, 0.1) is 11.6 Å². The van der Waals surface area contributed by atoms with E-state index in [2.05, 4.69) is 4.98 Å². The minimum absolute atomic E-state index is 0.394. The Labute approximate surface area is 83.5 Å². The molecule has 0 saturated carbocycles. The highest BCUT2D eigenvalue weighted by Gasteiger charge is 2.16. The van der Waals surface area contributed by atoms with Crippen molar-refractivity contribution in [2.75, 3.05) is 24.2 Å². The number of pyridine rings is 1. The van der Waals surface area contributed by atoms with Gasteiger partial charge in [-0.15, -0.1) is 0 Å². The summed E-state index contributed by atoms with van der Waals surface area (Å²) >= 11 is 0. The summed E-state index contributed by atoms with van der Waals surface area (Å²) in [5.74, 6) is -2.95. The maximum absolute atomic E-state index is 13.1. The van der Waals surface area contributed by atoms with Crippen LogP contribution in [0.25, 0.3) is 0 Å². The van der Waals surface area contributed by atoms with Gasteiger partial charge in [-0.3, -0.25) is 0 Å². The van der Waals surface area contributed by atoms with Crippen molar-refractivity contribution in [2.45, 2.75) is 6.43 Å². The fourth-order valence-corrected chi connectivity index (χ4v) is 1.03. The Morgan fingerprint density at radius 2 is 2.00 bits per heavy atom. The summed E-state index contributed by atoms with van der Waals surface area (Å²) in [6.07, 6.45) is -2.64. The molecule has 0 saturated heterocycles. The van der Waals surface area contributed by atoms with Crippen molar-refractivity contribution in [3.8, 4) is 0 Å². The molecule has 0 spiro atoms. The Bertz CT molecular complexity index is 356. The van der Waals surface area contributed by atoms with Gasteiger partial charge >= 0.3 is 0 Å². The standard InChI is InChI=1S/C8H9F4N3/c1-15(3-6(11)12)8-5(10)2-4(9)7(13)14-8/h2,6H,3H2,1H3,(H2,13,14). The normalized spacial score (nSPS) is 10.8. The van der Waals surface area contributed by atoms with Crippen molar-refractivity contribution in [1.29, 1.82) is 0 Å². The van der Waals surface area contributed by atoms with Crippen LogP contribution < -0.4 is 10.6 Å². The van der Waals surface area contributed by atoms with Gasteiger partial charge in [0.25, 0.3) is 6.43 Å². The van der Waals surface area contributed by atoms with Gasteiger partial charge < -0.3 is 10.6 Å². The fourth-order valence-electron chi connectivity index (χ4n) is 1.03. The molecule has 0 bridgehead atoms. The lowest BCUT2D eigenvalue weighted by molar-refractivity contribution is 0.156. The summed E-state index contributed by atoms with van der Waals surface area (Å²) in [5.41, 5.74) is 5.09. The van der Waals surface area contributed by atoms with Crippen molar-refractivity contribution in [3.63, 3.8) is 0 Å². The van der Waals surface area contributed by atoms with Crippen LogP contribution in [0.5, 0.6) is 0 Å². The van der Waals surface area contributed by atoms with Crippen LogP contribution in [-0.2, 0) is 0 Å². The first kappa shape index (κ1) is 11.5. The predicted octanol–water partition coefficient (Wildman–Crippen LogP) is 1.64. The number of halogens is 4. The number of anilines is 2. The van der Waals surface area contributed by atoms with E-state index in [-0.39, 0.29) is 0 Å². The molecule has 0 radical (unpaired) electrons. The Kier molecular flexibility index (Phi) is 3.33. The number of nitrogens with zero attached hydrogens (tertiary/aromatic N) is 2. The molecule has 1 heterocycles. The molecule has 1 aromatic rings. The lowest BCUT2D eigenvalue weighted by Gasteiger charge is -2.18. The third-order valence-corrected chi connectivity index (χ3v) is 1.71. The Morgan fingerprint density at radius 3 is 2.53 bits per heavy atom. The van der Waals surface area contributed by atoms with Gasteiger partial charge in [-0.05, 0) is 0 Å². The van der Waals surface area contributed by atoms with E-state index in [1.165, 1.54) is 7.05 Å². The van der Waals surface area contributed by atoms with Crippen LogP contribution in [-0.4, -0.2) is 25.0 Å². The van der Waals surface area contributed by atoms with Gasteiger partial charge in [0.1, 0.15) is 0 Å². The number of hydrogen-bond donors (Lipinski definition) is 1. The lowest BCUT2D eigenvalue weighted by atomic mass is 10.4. The van der Waals surface area contributed by atoms with Gasteiger partial charge in [0.15, 0.2) is 23.3 Å². The quantitative estimate of drug-likeness (QED) is 0.792. The van der Waals surface area contributed by atoms with E-state index in [0.717, 1.165) is 4.90 Å². The number of nitrogens with two attached hydrogens (primary N) is 1. The minimum Gasteiger partial charge on any atom is -0.381 e. The maximum atomic E-state index is 13.1. The Balaban J connectivity index is 2.98. The van der Waals surface area contributed by atoms with Crippen molar-refractivity contribution in [1.82, 2.24) is 4.98 Å². The third-order valence-electron chi connectivity index (χ3n) is 1.71. The minimum atomic E-state index is -2.64. The van der Waals surface area contributed by atoms with Crippen LogP contribution >= 0.6 is 0 Å². The molecule has 0 aliphatic rings. The van der Waals surface area contributed by atoms with Gasteiger partial charge in [0.05, 0.1) is 6.54 Å². The molecule has 0 unspecified atom stereocenters. The second-order valence-electron chi connectivity index (χ2n) is 2.93. The van der Waals surface area contributed by atoms with Crippen LogP contribution in [0.3, 0.4) is 0 Å². The second kappa shape index (κ2) is 4.33. The zero-order valence-corrected chi connectivity index (χ0v) is 7.85. The van der Waals surface area contributed by atoms with Crippen LogP contribution in [0.2, 0.25) is 0 Å². The average molecular weight is 223 g/mol. The SMILES string of the molecule is CN(CC(F)F)c1nc(N)c(F)cc1F. The van der Waals surface area contributed by atoms with Crippen molar-refractivity contribution in [2.24, 2.45) is 0 Å². The van der Waals surface area contributed by atoms with E-state index in [1.807, 2.05) is 0 Å². The summed E-state index contributed by atoms with van der Waals surface area (Å²) in [6.45, 7) is -0.699. The van der Waals surface area contributed by atoms with Gasteiger partial charge in [0.2, 0.25) is 0 Å². The third kappa shape index (κ3) is 2.71. The van der Waals surface area contributed by atoms with Gasteiger partial charge in [-0.1, -0.05) is 0 Å². The molecule has 84 valence electrons. The van der Waals surface area contributed by atoms with E-state index < -0.39 is 36.2 Å². The molecule has 1 rings (SSSR count). The summed E-state index contributed by atoms with van der Waals surface area (Å²) in [6, 6.07) is 0.514. The number of alkyl halides is 2. The average Bonchev–Trinajstić information content (AvgIpc) is 2.09. The molecule has 7 heteroatoms. The molecule has 0 aliphatic carbocycles. The molecular weight excluding hydrogens is 214 g/mol. The van der Waals surface area contributed by atoms with E-state index in [1.54, 1.807) is 0 Å². The molecule has 0 aromatic carbocycles. The highest BCUT2D eigenvalue weighted by Crippen LogP contribution is 2.20. The molecular formula is C8H9F4N3. The zero-order valence-electron chi connectivity index (χ0n) is 7.85. The largest absolute Gasteiger partial charge is 0.381 e. The second-order valence-corrected chi connectivity index (χ2v) is 2.93. The van der Waals surface area contributed by atoms with Crippen molar-refractivity contribution >= 4 is 11.6 Å². The van der Waals surface area contributed by atoms with E-state index in [0.29, 0.717) is 6.07 Å². The number of nitrogen functional groups attached to an aromatic ring is 1. The zero-order chi connectivity index (χ0) is 11.6. The number of aromatic nitrogens is 1. The smallest absolute Gasteiger partial charge is 0.255 e. The van der Waals surface area contributed by atoms with E-state index in [9.17, 15) is 17.6 Å². The monoisotopic (exact) mass is 223 g/mol. The maximum Gasteiger partial charge on any atom is 0.255 e. The van der Waals surface area contributed by atoms with Crippen LogP contribution in [0.15, 0.2) is 6.07 Å². The summed E-state index contributed by atoms with van der Waals surface area (Å²) < 4.78 is 49.7. The molecule has 0 fully saturated rings. The number of hydrogen-bond acceptors (Lipinski definition) is 3. The Morgan fingerprint density at radius 1 is 1.40 bits per heavy atom. The van der Waals surface area contributed by atoms with Gasteiger partial charge in [0, 0.05) is 13.1 Å². The Hall–Kier alpha value is -1.53. The molecule has 0 atom stereocenters. The topological polar surface area (TPSA) is 42.2 Å². The summed E-state index contributed by atoms with van der Waals surface area (Å²) in [5, 5.41) is 0. The first-order chi connectivity index (χ1) is 6.91. The molecule has 1 aromatic heterocycles. The fraction of sp³-hybridized carbons (Fsp3) is 0.375. The van der Waals surface area contributed by atoms with E-state index in [4.69, 9.17) is 5.73 Å². The molecule has 15 heavy (non-hydrogen) atoms. The highest BCUT2D eigenvalue weighted by molar-refractivity contribution is 5.46. The summed E-state index contributed by atoms with van der Waals surface area (Å²) in [4.78, 5) is 4.22. The number of rotatable bonds is 3. The first-order valence-corrected chi connectivity index (χ1v) is 4.02. The molecule has 3 nitrogen and oxygen atoms in total. The molecule has 0 amide bonds. The van der Waals surface area contributed by atoms with Crippen molar-refractivity contribution < 1.29 is 17.6 Å². The lowest BCUT2D eigenvalue weighted by Crippen LogP contribution is -2.26. The van der Waals surface area contributed by atoms with E-state index >= 15 is 0 Å². The van der Waals surface area contributed by atoms with Crippen molar-refractivity contribution in [3.05, 3.63) is 17.7 Å².